The molecular formula is C21H20N4O2. The number of nitrogens with one attached hydrogen (secondary N) is 2. The standard InChI is InChI=1S/C21H20N4O2/c1-25-13-15(16-9-5-6-10-18(16)25)11-23-24-21(27)19-17(12-22-20(19)26)14-7-3-2-4-8-14/h2-11,13,17,19H,12H2,1H3,(H,22,26)(H,24,27)/t17-,19-/m1/s1. The van der Waals surface area contributed by atoms with Crippen molar-refractivity contribution in [2.75, 3.05) is 6.54 Å². The van der Waals surface area contributed by atoms with Crippen LogP contribution in [-0.2, 0) is 16.6 Å². The van der Waals surface area contributed by atoms with Gasteiger partial charge in [-0.3, -0.25) is 9.59 Å². The van der Waals surface area contributed by atoms with E-state index in [1.165, 1.54) is 0 Å². The van der Waals surface area contributed by atoms with Gasteiger partial charge in [-0.15, -0.1) is 0 Å². The first-order valence-corrected chi connectivity index (χ1v) is 8.85. The number of benzene rings is 2. The van der Waals surface area contributed by atoms with Gasteiger partial charge in [0.05, 0.1) is 6.21 Å². The molecule has 6 heteroatoms. The highest BCUT2D eigenvalue weighted by Gasteiger charge is 2.40. The molecule has 0 bridgehead atoms. The second-order valence-corrected chi connectivity index (χ2v) is 6.69. The second kappa shape index (κ2) is 7.07. The highest BCUT2D eigenvalue weighted by atomic mass is 16.2. The monoisotopic (exact) mass is 360 g/mol. The predicted octanol–water partition coefficient (Wildman–Crippen LogP) is 2.16. The first-order chi connectivity index (χ1) is 13.1. The van der Waals surface area contributed by atoms with Crippen molar-refractivity contribution < 1.29 is 9.59 Å². The minimum absolute atomic E-state index is 0.188. The van der Waals surface area contributed by atoms with Crippen molar-refractivity contribution in [3.05, 3.63) is 71.9 Å². The van der Waals surface area contributed by atoms with Gasteiger partial charge in [0, 0.05) is 42.2 Å². The molecule has 1 aliphatic heterocycles. The molecule has 0 aliphatic carbocycles. The molecule has 4 rings (SSSR count). The lowest BCUT2D eigenvalue weighted by Gasteiger charge is -2.15. The van der Waals surface area contributed by atoms with Gasteiger partial charge in [0.1, 0.15) is 5.92 Å². The van der Waals surface area contributed by atoms with Crippen molar-refractivity contribution in [3.63, 3.8) is 0 Å². The summed E-state index contributed by atoms with van der Waals surface area (Å²) in [5.41, 5.74) is 5.50. The third kappa shape index (κ3) is 3.21. The normalized spacial score (nSPS) is 19.5. The first-order valence-electron chi connectivity index (χ1n) is 8.85. The van der Waals surface area contributed by atoms with Gasteiger partial charge in [-0.25, -0.2) is 5.43 Å². The molecule has 136 valence electrons. The Labute approximate surface area is 156 Å². The van der Waals surface area contributed by atoms with Crippen LogP contribution in [-0.4, -0.2) is 29.1 Å². The Balaban J connectivity index is 1.51. The number of aromatic nitrogens is 1. The maximum absolute atomic E-state index is 12.6. The van der Waals surface area contributed by atoms with Crippen LogP contribution in [0.25, 0.3) is 10.9 Å². The number of rotatable bonds is 4. The zero-order valence-corrected chi connectivity index (χ0v) is 14.9. The summed E-state index contributed by atoms with van der Waals surface area (Å²) in [6.45, 7) is 0.452. The molecule has 2 N–H and O–H groups in total. The molecule has 1 fully saturated rings. The molecule has 2 aromatic carbocycles. The Bertz CT molecular complexity index is 1020. The number of para-hydroxylation sites is 1. The minimum atomic E-state index is -0.780. The zero-order valence-electron chi connectivity index (χ0n) is 14.9. The van der Waals surface area contributed by atoms with Gasteiger partial charge in [0.25, 0.3) is 5.91 Å². The van der Waals surface area contributed by atoms with E-state index in [1.54, 1.807) is 6.21 Å². The van der Waals surface area contributed by atoms with Gasteiger partial charge < -0.3 is 9.88 Å². The van der Waals surface area contributed by atoms with E-state index in [0.29, 0.717) is 6.54 Å². The summed E-state index contributed by atoms with van der Waals surface area (Å²) in [4.78, 5) is 24.8. The summed E-state index contributed by atoms with van der Waals surface area (Å²) in [7, 11) is 1.96. The van der Waals surface area contributed by atoms with Crippen LogP contribution in [0.15, 0.2) is 65.9 Å². The maximum Gasteiger partial charge on any atom is 0.253 e. The Morgan fingerprint density at radius 1 is 1.19 bits per heavy atom. The second-order valence-electron chi connectivity index (χ2n) is 6.69. The topological polar surface area (TPSA) is 75.5 Å². The quantitative estimate of drug-likeness (QED) is 0.425. The molecule has 0 unspecified atom stereocenters. The van der Waals surface area contributed by atoms with Gasteiger partial charge in [-0.2, -0.15) is 5.10 Å². The van der Waals surface area contributed by atoms with Crippen LogP contribution < -0.4 is 10.7 Å². The van der Waals surface area contributed by atoms with E-state index in [0.717, 1.165) is 22.0 Å². The van der Waals surface area contributed by atoms with Crippen molar-refractivity contribution in [3.8, 4) is 0 Å². The summed E-state index contributed by atoms with van der Waals surface area (Å²) in [5, 5.41) is 7.93. The third-order valence-corrected chi connectivity index (χ3v) is 5.00. The molecule has 0 spiro atoms. The molecule has 27 heavy (non-hydrogen) atoms. The molecule has 1 aliphatic rings. The number of hydrogen-bond acceptors (Lipinski definition) is 3. The zero-order chi connectivity index (χ0) is 18.8. The molecule has 3 aromatic rings. The summed E-state index contributed by atoms with van der Waals surface area (Å²) in [5.74, 6) is -1.62. The molecule has 2 amide bonds. The largest absolute Gasteiger partial charge is 0.355 e. The average Bonchev–Trinajstić information content (AvgIpc) is 3.23. The van der Waals surface area contributed by atoms with Gasteiger partial charge in [0.2, 0.25) is 5.91 Å². The van der Waals surface area contributed by atoms with Crippen molar-refractivity contribution in [2.45, 2.75) is 5.92 Å². The molecular weight excluding hydrogens is 340 g/mol. The highest BCUT2D eigenvalue weighted by molar-refractivity contribution is 6.04. The van der Waals surface area contributed by atoms with Gasteiger partial charge in [-0.1, -0.05) is 48.5 Å². The number of carbonyl (C=O) groups excluding carboxylic acids is 2. The van der Waals surface area contributed by atoms with Crippen LogP contribution in [0.2, 0.25) is 0 Å². The van der Waals surface area contributed by atoms with Gasteiger partial charge in [0.15, 0.2) is 0 Å². The molecule has 0 saturated carbocycles. The van der Waals surface area contributed by atoms with Crippen molar-refractivity contribution in [1.29, 1.82) is 0 Å². The minimum Gasteiger partial charge on any atom is -0.355 e. The Kier molecular flexibility index (Phi) is 4.46. The van der Waals surface area contributed by atoms with Gasteiger partial charge >= 0.3 is 0 Å². The fourth-order valence-corrected chi connectivity index (χ4v) is 3.64. The first kappa shape index (κ1) is 17.0. The number of carbonyl (C=O) groups is 2. The van der Waals surface area contributed by atoms with E-state index in [-0.39, 0.29) is 11.8 Å². The van der Waals surface area contributed by atoms with Crippen LogP contribution in [0, 0.1) is 5.92 Å². The fourth-order valence-electron chi connectivity index (χ4n) is 3.64. The predicted molar refractivity (Wildman–Crippen MR) is 104 cm³/mol. The lowest BCUT2D eigenvalue weighted by Crippen LogP contribution is -2.34. The highest BCUT2D eigenvalue weighted by Crippen LogP contribution is 2.29. The summed E-state index contributed by atoms with van der Waals surface area (Å²) >= 11 is 0. The van der Waals surface area contributed by atoms with Crippen LogP contribution >= 0.6 is 0 Å². The molecule has 2 atom stereocenters. The van der Waals surface area contributed by atoms with E-state index in [1.807, 2.05) is 72.4 Å². The summed E-state index contributed by atoms with van der Waals surface area (Å²) in [6, 6.07) is 17.6. The number of amides is 2. The van der Waals surface area contributed by atoms with E-state index < -0.39 is 11.8 Å². The van der Waals surface area contributed by atoms with E-state index in [2.05, 4.69) is 15.8 Å². The van der Waals surface area contributed by atoms with Crippen LogP contribution in [0.1, 0.15) is 17.0 Å². The van der Waals surface area contributed by atoms with E-state index in [4.69, 9.17) is 0 Å². The number of hydrazone groups is 1. The van der Waals surface area contributed by atoms with Crippen LogP contribution in [0.4, 0.5) is 0 Å². The van der Waals surface area contributed by atoms with Crippen LogP contribution in [0.5, 0.6) is 0 Å². The molecule has 1 aromatic heterocycles. The van der Waals surface area contributed by atoms with E-state index in [9.17, 15) is 9.59 Å². The fraction of sp³-hybridized carbons (Fsp3) is 0.190. The number of aryl methyl sites for hydroxylation is 1. The van der Waals surface area contributed by atoms with Crippen LogP contribution in [0.3, 0.4) is 0 Å². The Morgan fingerprint density at radius 2 is 1.93 bits per heavy atom. The molecule has 0 radical (unpaired) electrons. The number of hydrogen-bond donors (Lipinski definition) is 2. The lowest BCUT2D eigenvalue weighted by molar-refractivity contribution is -0.133. The molecule has 2 heterocycles. The number of nitrogens with zero attached hydrogens (tertiary/aromatic N) is 2. The molecule has 6 nitrogen and oxygen atoms in total. The maximum atomic E-state index is 12.6. The lowest BCUT2D eigenvalue weighted by atomic mass is 9.88. The summed E-state index contributed by atoms with van der Waals surface area (Å²) in [6.07, 6.45) is 3.57. The SMILES string of the molecule is Cn1cc(C=NNC(=O)[C@H]2C(=O)NC[C@@H]2c2ccccc2)c2ccccc21. The Morgan fingerprint density at radius 3 is 2.74 bits per heavy atom. The Hall–Kier alpha value is -3.41. The van der Waals surface area contributed by atoms with Crippen molar-refractivity contribution >= 4 is 28.9 Å². The average molecular weight is 360 g/mol. The van der Waals surface area contributed by atoms with E-state index >= 15 is 0 Å². The molecule has 1 saturated heterocycles. The third-order valence-electron chi connectivity index (χ3n) is 5.00. The van der Waals surface area contributed by atoms with Crippen molar-refractivity contribution in [1.82, 2.24) is 15.3 Å². The summed E-state index contributed by atoms with van der Waals surface area (Å²) < 4.78 is 2.01. The smallest absolute Gasteiger partial charge is 0.253 e. The number of fused-ring (bicyclic) bond motifs is 1. The van der Waals surface area contributed by atoms with Crippen molar-refractivity contribution in [2.24, 2.45) is 18.1 Å². The van der Waals surface area contributed by atoms with Gasteiger partial charge in [-0.05, 0) is 11.6 Å².